The molecule has 126 valence electrons. The van der Waals surface area contributed by atoms with Gasteiger partial charge in [0.2, 0.25) is 11.3 Å². The summed E-state index contributed by atoms with van der Waals surface area (Å²) in [4.78, 5) is 20.0. The van der Waals surface area contributed by atoms with Crippen molar-refractivity contribution in [3.63, 3.8) is 0 Å². The van der Waals surface area contributed by atoms with Crippen LogP contribution in [0, 0.1) is 12.7 Å². The van der Waals surface area contributed by atoms with Crippen molar-refractivity contribution in [2.75, 3.05) is 0 Å². The minimum absolute atomic E-state index is 0.128. The second-order valence-electron chi connectivity index (χ2n) is 5.75. The van der Waals surface area contributed by atoms with Gasteiger partial charge < -0.3 is 14.0 Å². The predicted molar refractivity (Wildman–Crippen MR) is 88.6 cm³/mol. The molecular formula is C17H14FN5O2. The quantitative estimate of drug-likeness (QED) is 0.619. The minimum atomic E-state index is -0.305. The van der Waals surface area contributed by atoms with Gasteiger partial charge >= 0.3 is 0 Å². The van der Waals surface area contributed by atoms with E-state index in [0.29, 0.717) is 23.5 Å². The summed E-state index contributed by atoms with van der Waals surface area (Å²) in [5.41, 5.74) is 1.80. The number of aryl methyl sites for hydroxylation is 2. The molecule has 3 heterocycles. The molecule has 0 atom stereocenters. The van der Waals surface area contributed by atoms with Gasteiger partial charge in [0, 0.05) is 13.2 Å². The molecule has 0 saturated heterocycles. The maximum atomic E-state index is 13.0. The van der Waals surface area contributed by atoms with Gasteiger partial charge in [-0.2, -0.15) is 0 Å². The van der Waals surface area contributed by atoms with Crippen molar-refractivity contribution in [1.29, 1.82) is 0 Å². The van der Waals surface area contributed by atoms with Crippen molar-refractivity contribution in [1.82, 2.24) is 24.7 Å². The molecule has 1 aromatic carbocycles. The monoisotopic (exact) mass is 339 g/mol. The largest absolute Gasteiger partial charge is 0.420 e. The number of benzene rings is 1. The molecule has 0 radical (unpaired) electrons. The van der Waals surface area contributed by atoms with E-state index < -0.39 is 0 Å². The van der Waals surface area contributed by atoms with Crippen molar-refractivity contribution in [3.05, 3.63) is 63.8 Å². The molecule has 8 heteroatoms. The number of nitrogens with zero attached hydrogens (tertiary/aromatic N) is 4. The number of imidazole rings is 1. The van der Waals surface area contributed by atoms with Gasteiger partial charge in [-0.15, -0.1) is 10.2 Å². The van der Waals surface area contributed by atoms with Crippen LogP contribution in [0.5, 0.6) is 0 Å². The van der Waals surface area contributed by atoms with Crippen LogP contribution in [0.1, 0.15) is 17.3 Å². The fourth-order valence-electron chi connectivity index (χ4n) is 2.64. The van der Waals surface area contributed by atoms with Crippen LogP contribution < -0.4 is 5.43 Å². The van der Waals surface area contributed by atoms with Crippen LogP contribution in [-0.2, 0) is 13.5 Å². The zero-order valence-electron chi connectivity index (χ0n) is 13.6. The van der Waals surface area contributed by atoms with E-state index in [9.17, 15) is 9.18 Å². The lowest BCUT2D eigenvalue weighted by molar-refractivity contribution is 0.517. The lowest BCUT2D eigenvalue weighted by Crippen LogP contribution is -2.07. The fourth-order valence-corrected chi connectivity index (χ4v) is 2.64. The van der Waals surface area contributed by atoms with E-state index in [1.54, 1.807) is 22.9 Å². The van der Waals surface area contributed by atoms with E-state index in [-0.39, 0.29) is 22.7 Å². The SMILES string of the molecule is Cc1nc2c(=O)c(-c3nnc(Cc4ccc(F)cc4)o3)c[nH]c2n1C. The Hall–Kier alpha value is -3.29. The third-order valence-electron chi connectivity index (χ3n) is 4.10. The predicted octanol–water partition coefficient (Wildman–Crippen LogP) is 2.35. The first-order valence-corrected chi connectivity index (χ1v) is 7.65. The van der Waals surface area contributed by atoms with E-state index in [0.717, 1.165) is 11.4 Å². The summed E-state index contributed by atoms with van der Waals surface area (Å²) in [6.07, 6.45) is 1.90. The van der Waals surface area contributed by atoms with Gasteiger partial charge in [-0.25, -0.2) is 9.37 Å². The van der Waals surface area contributed by atoms with Gasteiger partial charge in [-0.1, -0.05) is 12.1 Å². The molecule has 0 bridgehead atoms. The zero-order chi connectivity index (χ0) is 17.6. The summed E-state index contributed by atoms with van der Waals surface area (Å²) >= 11 is 0. The Morgan fingerprint density at radius 3 is 2.76 bits per heavy atom. The smallest absolute Gasteiger partial charge is 0.253 e. The number of pyridine rings is 1. The van der Waals surface area contributed by atoms with Gasteiger partial charge in [0.25, 0.3) is 5.89 Å². The highest BCUT2D eigenvalue weighted by atomic mass is 19.1. The first kappa shape index (κ1) is 15.3. The maximum absolute atomic E-state index is 13.0. The molecule has 1 N–H and O–H groups in total. The standard InChI is InChI=1S/C17H14FN5O2/c1-9-20-14-15(24)12(8-19-16(14)23(9)2)17-22-21-13(25-17)7-10-3-5-11(18)6-4-10/h3-6,8H,7H2,1-2H3,(H,19,24). The van der Waals surface area contributed by atoms with Gasteiger partial charge in [0.05, 0.1) is 6.42 Å². The second-order valence-corrected chi connectivity index (χ2v) is 5.75. The number of rotatable bonds is 3. The van der Waals surface area contributed by atoms with Gasteiger partial charge in [-0.3, -0.25) is 4.79 Å². The average Bonchev–Trinajstić information content (AvgIpc) is 3.17. The third kappa shape index (κ3) is 2.61. The van der Waals surface area contributed by atoms with Crippen molar-refractivity contribution in [2.45, 2.75) is 13.3 Å². The van der Waals surface area contributed by atoms with Crippen molar-refractivity contribution in [3.8, 4) is 11.5 Å². The first-order chi connectivity index (χ1) is 12.0. The summed E-state index contributed by atoms with van der Waals surface area (Å²) in [7, 11) is 1.83. The van der Waals surface area contributed by atoms with Crippen LogP contribution in [-0.4, -0.2) is 24.7 Å². The van der Waals surface area contributed by atoms with Crippen LogP contribution in [0.2, 0.25) is 0 Å². The molecule has 0 aliphatic carbocycles. The Morgan fingerprint density at radius 2 is 2.00 bits per heavy atom. The van der Waals surface area contributed by atoms with E-state index >= 15 is 0 Å². The molecule has 4 aromatic rings. The van der Waals surface area contributed by atoms with E-state index in [1.807, 2.05) is 14.0 Å². The molecule has 3 aromatic heterocycles. The van der Waals surface area contributed by atoms with E-state index in [1.165, 1.54) is 12.1 Å². The lowest BCUT2D eigenvalue weighted by atomic mass is 10.1. The highest BCUT2D eigenvalue weighted by molar-refractivity contribution is 5.76. The molecule has 0 saturated carbocycles. The van der Waals surface area contributed by atoms with Crippen LogP contribution in [0.25, 0.3) is 22.6 Å². The molecule has 4 rings (SSSR count). The Kier molecular flexibility index (Phi) is 3.45. The molecule has 0 aliphatic heterocycles. The Morgan fingerprint density at radius 1 is 1.24 bits per heavy atom. The van der Waals surface area contributed by atoms with Crippen LogP contribution >= 0.6 is 0 Å². The summed E-state index contributed by atoms with van der Waals surface area (Å²) in [6, 6.07) is 6.03. The van der Waals surface area contributed by atoms with Crippen LogP contribution in [0.15, 0.2) is 39.7 Å². The van der Waals surface area contributed by atoms with Crippen molar-refractivity contribution < 1.29 is 8.81 Å². The summed E-state index contributed by atoms with van der Waals surface area (Å²) in [6.45, 7) is 1.82. The van der Waals surface area contributed by atoms with E-state index in [4.69, 9.17) is 4.42 Å². The first-order valence-electron chi connectivity index (χ1n) is 7.65. The van der Waals surface area contributed by atoms with Gasteiger partial charge in [0.1, 0.15) is 22.9 Å². The number of nitrogens with one attached hydrogen (secondary N) is 1. The topological polar surface area (TPSA) is 89.6 Å². The molecule has 0 amide bonds. The maximum Gasteiger partial charge on any atom is 0.253 e. The Labute approximate surface area is 141 Å². The molecule has 0 fully saturated rings. The third-order valence-corrected chi connectivity index (χ3v) is 4.10. The van der Waals surface area contributed by atoms with E-state index in [2.05, 4.69) is 20.2 Å². The number of halogens is 1. The molecular weight excluding hydrogens is 325 g/mol. The number of H-pyrrole nitrogens is 1. The highest BCUT2D eigenvalue weighted by Gasteiger charge is 2.17. The summed E-state index contributed by atoms with van der Waals surface area (Å²) in [5, 5.41) is 7.92. The van der Waals surface area contributed by atoms with Crippen LogP contribution in [0.4, 0.5) is 4.39 Å². The highest BCUT2D eigenvalue weighted by Crippen LogP contribution is 2.18. The zero-order valence-corrected chi connectivity index (χ0v) is 13.6. The number of aromatic nitrogens is 5. The Balaban J connectivity index is 1.70. The normalized spacial score (nSPS) is 11.3. The van der Waals surface area contributed by atoms with Gasteiger partial charge in [-0.05, 0) is 24.6 Å². The fraction of sp³-hybridized carbons (Fsp3) is 0.176. The molecule has 0 unspecified atom stereocenters. The number of aromatic amines is 1. The molecule has 0 spiro atoms. The molecule has 7 nitrogen and oxygen atoms in total. The summed E-state index contributed by atoms with van der Waals surface area (Å²) < 4.78 is 20.4. The Bertz CT molecular complexity index is 1120. The van der Waals surface area contributed by atoms with Crippen molar-refractivity contribution in [2.24, 2.45) is 7.05 Å². The number of hydrogen-bond acceptors (Lipinski definition) is 5. The van der Waals surface area contributed by atoms with Gasteiger partial charge in [0.15, 0.2) is 5.52 Å². The summed E-state index contributed by atoms with van der Waals surface area (Å²) in [5.74, 6) is 0.894. The van der Waals surface area contributed by atoms with Crippen molar-refractivity contribution >= 4 is 11.2 Å². The molecule has 0 aliphatic rings. The number of fused-ring (bicyclic) bond motifs is 1. The average molecular weight is 339 g/mol. The minimum Gasteiger partial charge on any atom is -0.420 e. The molecule has 25 heavy (non-hydrogen) atoms. The van der Waals surface area contributed by atoms with Crippen LogP contribution in [0.3, 0.4) is 0 Å². The lowest BCUT2D eigenvalue weighted by Gasteiger charge is -1.98. The second kappa shape index (κ2) is 5.66. The number of hydrogen-bond donors (Lipinski definition) is 1.